The molecular weight excluding hydrogens is 456 g/mol. The molecule has 3 rings (SSSR count). The minimum absolute atomic E-state index is 0.0336. The molecular formula is C16H8Cl7O. The van der Waals surface area contributed by atoms with Crippen molar-refractivity contribution in [3.8, 4) is 16.9 Å². The van der Waals surface area contributed by atoms with Crippen LogP contribution >= 0.6 is 81.2 Å². The van der Waals surface area contributed by atoms with Gasteiger partial charge in [-0.3, -0.25) is 5.11 Å². The predicted molar refractivity (Wildman–Crippen MR) is 103 cm³/mol. The van der Waals surface area contributed by atoms with Crippen molar-refractivity contribution >= 4 is 81.2 Å². The van der Waals surface area contributed by atoms with E-state index in [1.165, 1.54) is 6.07 Å². The Hall–Kier alpha value is 0.270. The first-order chi connectivity index (χ1) is 11.0. The van der Waals surface area contributed by atoms with E-state index in [-0.39, 0.29) is 11.3 Å². The second kappa shape index (κ2) is 6.16. The number of rotatable bonds is 2. The Balaban J connectivity index is 2.15. The summed E-state index contributed by atoms with van der Waals surface area (Å²) >= 11 is 42.2. The van der Waals surface area contributed by atoms with Gasteiger partial charge >= 0.3 is 0 Å². The van der Waals surface area contributed by atoms with E-state index in [0.29, 0.717) is 12.0 Å². The third-order valence-corrected chi connectivity index (χ3v) is 7.95. The van der Waals surface area contributed by atoms with Crippen LogP contribution in [0.3, 0.4) is 0 Å². The maximum absolute atomic E-state index is 12.9. The Bertz CT molecular complexity index is 809. The van der Waals surface area contributed by atoms with Gasteiger partial charge in [0.1, 0.15) is 0 Å². The van der Waals surface area contributed by atoms with Gasteiger partial charge < -0.3 is 0 Å². The molecule has 0 aliphatic heterocycles. The van der Waals surface area contributed by atoms with Gasteiger partial charge in [-0.1, -0.05) is 118 Å². The fourth-order valence-corrected chi connectivity index (χ4v) is 4.28. The largest absolute Gasteiger partial charge is 0.289 e. The van der Waals surface area contributed by atoms with Crippen molar-refractivity contribution in [3.63, 3.8) is 0 Å². The summed E-state index contributed by atoms with van der Waals surface area (Å²) in [5, 5.41) is 12.9. The third kappa shape index (κ3) is 2.77. The van der Waals surface area contributed by atoms with Crippen molar-refractivity contribution in [3.05, 3.63) is 53.1 Å². The van der Waals surface area contributed by atoms with Crippen LogP contribution in [-0.2, 0) is 15.9 Å². The summed E-state index contributed by atoms with van der Waals surface area (Å²) in [7, 11) is 0. The van der Waals surface area contributed by atoms with Crippen molar-refractivity contribution < 1.29 is 5.11 Å². The van der Waals surface area contributed by atoms with Crippen LogP contribution in [0.4, 0.5) is 0 Å². The normalized spacial score (nSPS) is 14.5. The summed E-state index contributed by atoms with van der Waals surface area (Å²) in [4.78, 5) is 0. The van der Waals surface area contributed by atoms with Crippen LogP contribution in [0.5, 0.6) is 5.75 Å². The van der Waals surface area contributed by atoms with E-state index in [1.807, 2.05) is 24.3 Å². The van der Waals surface area contributed by atoms with Crippen LogP contribution in [0.25, 0.3) is 11.1 Å². The van der Waals surface area contributed by atoms with Gasteiger partial charge in [-0.25, -0.2) is 0 Å². The van der Waals surface area contributed by atoms with Crippen LogP contribution in [0, 0.1) is 0 Å². The molecule has 0 saturated heterocycles. The van der Waals surface area contributed by atoms with E-state index >= 15 is 0 Å². The van der Waals surface area contributed by atoms with E-state index < -0.39 is 12.5 Å². The molecule has 0 N–H and O–H groups in total. The molecule has 2 aromatic carbocycles. The molecule has 0 fully saturated rings. The summed E-state index contributed by atoms with van der Waals surface area (Å²) in [5.41, 5.74) is 3.39. The summed E-state index contributed by atoms with van der Waals surface area (Å²) in [5.74, 6) is -0.367. The Morgan fingerprint density at radius 1 is 0.792 bits per heavy atom. The molecule has 0 aromatic heterocycles. The SMILES string of the molecule is [O]c1c(C(Cl)(Cl)C(Cl)(Cl)C(Cl)(Cl)Cl)ccc2c1Cc1ccccc1-2. The minimum Gasteiger partial charge on any atom is -0.289 e. The van der Waals surface area contributed by atoms with Gasteiger partial charge in [-0.05, 0) is 16.7 Å². The molecule has 0 spiro atoms. The van der Waals surface area contributed by atoms with E-state index in [0.717, 1.165) is 16.7 Å². The molecule has 2 aromatic rings. The molecule has 8 heteroatoms. The first-order valence-corrected chi connectivity index (χ1v) is 9.37. The molecule has 0 heterocycles. The summed E-state index contributed by atoms with van der Waals surface area (Å²) in [6, 6.07) is 10.9. The monoisotopic (exact) mass is 461 g/mol. The highest BCUT2D eigenvalue weighted by Crippen LogP contribution is 2.62. The predicted octanol–water partition coefficient (Wildman–Crippen LogP) is 7.58. The van der Waals surface area contributed by atoms with E-state index in [1.54, 1.807) is 6.07 Å². The highest BCUT2D eigenvalue weighted by Gasteiger charge is 2.61. The molecule has 0 bridgehead atoms. The molecule has 24 heavy (non-hydrogen) atoms. The van der Waals surface area contributed by atoms with Crippen LogP contribution in [0.2, 0.25) is 0 Å². The molecule has 1 nitrogen and oxygen atoms in total. The van der Waals surface area contributed by atoms with Crippen molar-refractivity contribution in [1.82, 2.24) is 0 Å². The average molecular weight is 464 g/mol. The van der Waals surface area contributed by atoms with Gasteiger partial charge in [-0.15, -0.1) is 0 Å². The van der Waals surface area contributed by atoms with Gasteiger partial charge in [0.05, 0.1) is 0 Å². The van der Waals surface area contributed by atoms with Gasteiger partial charge in [0.25, 0.3) is 0 Å². The Morgan fingerprint density at radius 3 is 2.04 bits per heavy atom. The molecule has 0 saturated carbocycles. The maximum Gasteiger partial charge on any atom is 0.226 e. The third-order valence-electron chi connectivity index (χ3n) is 4.02. The molecule has 1 aliphatic carbocycles. The summed E-state index contributed by atoms with van der Waals surface area (Å²) in [6.07, 6.45) is 0.466. The van der Waals surface area contributed by atoms with Crippen molar-refractivity contribution in [1.29, 1.82) is 0 Å². The van der Waals surface area contributed by atoms with Gasteiger partial charge in [0.15, 0.2) is 10.1 Å². The fraction of sp³-hybridized carbons (Fsp3) is 0.250. The standard InChI is InChI=1S/C16H8Cl7O/c17-14(18,15(19,20)16(21,22)23)12-6-5-10-9-4-2-1-3-8(9)7-11(10)13(12)24/h1-6H,7H2. The zero-order valence-electron chi connectivity index (χ0n) is 11.7. The lowest BCUT2D eigenvalue weighted by atomic mass is 9.98. The number of fused-ring (bicyclic) bond motifs is 3. The molecule has 0 amide bonds. The number of hydrogen-bond acceptors (Lipinski definition) is 0. The minimum atomic E-state index is -2.24. The highest BCUT2D eigenvalue weighted by atomic mass is 35.6. The second-order valence-corrected chi connectivity index (χ2v) is 10.4. The van der Waals surface area contributed by atoms with Crippen LogP contribution < -0.4 is 0 Å². The highest BCUT2D eigenvalue weighted by molar-refractivity contribution is 6.78. The quantitative estimate of drug-likeness (QED) is 0.349. The van der Waals surface area contributed by atoms with Crippen LogP contribution in [-0.4, -0.2) is 8.13 Å². The van der Waals surface area contributed by atoms with Crippen molar-refractivity contribution in [2.45, 2.75) is 18.9 Å². The number of alkyl halides is 7. The fourth-order valence-electron chi connectivity index (χ4n) is 2.78. The van der Waals surface area contributed by atoms with Gasteiger partial charge in [0, 0.05) is 17.5 Å². The van der Waals surface area contributed by atoms with Gasteiger partial charge in [-0.2, -0.15) is 0 Å². The van der Waals surface area contributed by atoms with Crippen molar-refractivity contribution in [2.75, 3.05) is 0 Å². The molecule has 1 aliphatic rings. The number of benzene rings is 2. The zero-order valence-corrected chi connectivity index (χ0v) is 17.0. The van der Waals surface area contributed by atoms with E-state index in [2.05, 4.69) is 0 Å². The lowest BCUT2D eigenvalue weighted by Gasteiger charge is -2.38. The molecule has 0 atom stereocenters. The second-order valence-electron chi connectivity index (χ2n) is 5.45. The van der Waals surface area contributed by atoms with E-state index in [4.69, 9.17) is 81.2 Å². The molecule has 1 radical (unpaired) electrons. The Morgan fingerprint density at radius 2 is 1.42 bits per heavy atom. The first kappa shape index (κ1) is 19.0. The lowest BCUT2D eigenvalue weighted by Crippen LogP contribution is -2.45. The summed E-state index contributed by atoms with van der Waals surface area (Å²) in [6.45, 7) is 0. The Kier molecular flexibility index (Phi) is 4.89. The topological polar surface area (TPSA) is 19.9 Å². The maximum atomic E-state index is 12.9. The zero-order chi connectivity index (χ0) is 17.9. The average Bonchev–Trinajstić information content (AvgIpc) is 2.86. The van der Waals surface area contributed by atoms with E-state index in [9.17, 15) is 5.11 Å². The van der Waals surface area contributed by atoms with Gasteiger partial charge in [0.2, 0.25) is 8.13 Å². The van der Waals surface area contributed by atoms with Crippen molar-refractivity contribution in [2.24, 2.45) is 0 Å². The van der Waals surface area contributed by atoms with Crippen LogP contribution in [0.15, 0.2) is 36.4 Å². The lowest BCUT2D eigenvalue weighted by molar-refractivity contribution is 0.343. The first-order valence-electron chi connectivity index (χ1n) is 6.72. The van der Waals surface area contributed by atoms with Crippen LogP contribution in [0.1, 0.15) is 16.7 Å². The summed E-state index contributed by atoms with van der Waals surface area (Å²) < 4.78 is -6.58. The molecule has 0 unspecified atom stereocenters. The smallest absolute Gasteiger partial charge is 0.226 e. The molecule has 127 valence electrons. The Labute approximate surface area is 174 Å². The number of hydrogen-bond donors (Lipinski definition) is 0. The number of halogens is 7.